The molecule has 21 heavy (non-hydrogen) atoms. The summed E-state index contributed by atoms with van der Waals surface area (Å²) in [5.74, 6) is -0.648. The molecule has 0 aromatic carbocycles. The lowest BCUT2D eigenvalue weighted by atomic mass is 10.3. The Morgan fingerprint density at radius 1 is 1.52 bits per heavy atom. The number of nitrogens with zero attached hydrogens (tertiary/aromatic N) is 4. The molecule has 2 rings (SSSR count). The number of halogens is 2. The topological polar surface area (TPSA) is 97.2 Å². The SMILES string of the molecule is CCOC(=O)c1cnn(-c2cc(OC(F)F)n(C)n2)c1N. The van der Waals surface area contributed by atoms with E-state index in [1.807, 2.05) is 0 Å². The van der Waals surface area contributed by atoms with Crippen molar-refractivity contribution in [2.75, 3.05) is 12.3 Å². The number of aromatic nitrogens is 4. The summed E-state index contributed by atoms with van der Waals surface area (Å²) in [7, 11) is 1.42. The number of nitrogens with two attached hydrogens (primary N) is 1. The van der Waals surface area contributed by atoms with Crippen molar-refractivity contribution >= 4 is 11.8 Å². The summed E-state index contributed by atoms with van der Waals surface area (Å²) in [6, 6.07) is 1.23. The van der Waals surface area contributed by atoms with Gasteiger partial charge < -0.3 is 15.2 Å². The van der Waals surface area contributed by atoms with Crippen molar-refractivity contribution in [1.82, 2.24) is 19.6 Å². The number of nitrogen functional groups attached to an aromatic ring is 1. The predicted molar refractivity (Wildman–Crippen MR) is 67.3 cm³/mol. The number of esters is 1. The largest absolute Gasteiger partial charge is 0.462 e. The minimum Gasteiger partial charge on any atom is -0.462 e. The molecular formula is C11H13F2N5O3. The summed E-state index contributed by atoms with van der Waals surface area (Å²) in [6.07, 6.45) is 1.22. The van der Waals surface area contributed by atoms with Crippen LogP contribution in [0.4, 0.5) is 14.6 Å². The number of anilines is 1. The average Bonchev–Trinajstić information content (AvgIpc) is 2.93. The maximum absolute atomic E-state index is 12.2. The van der Waals surface area contributed by atoms with Gasteiger partial charge in [-0.3, -0.25) is 0 Å². The van der Waals surface area contributed by atoms with Gasteiger partial charge in [-0.2, -0.15) is 18.6 Å². The van der Waals surface area contributed by atoms with Crippen LogP contribution in [-0.4, -0.2) is 38.7 Å². The molecular weight excluding hydrogens is 288 g/mol. The third-order valence-corrected chi connectivity index (χ3v) is 2.55. The van der Waals surface area contributed by atoms with Gasteiger partial charge in [0.15, 0.2) is 5.82 Å². The molecule has 0 aliphatic heterocycles. The number of hydrogen-bond donors (Lipinski definition) is 1. The zero-order chi connectivity index (χ0) is 15.6. The van der Waals surface area contributed by atoms with E-state index in [1.165, 1.54) is 19.3 Å². The molecule has 2 aromatic rings. The Morgan fingerprint density at radius 3 is 2.86 bits per heavy atom. The number of rotatable bonds is 5. The smallest absolute Gasteiger partial charge is 0.388 e. The van der Waals surface area contributed by atoms with Gasteiger partial charge >= 0.3 is 12.6 Å². The lowest BCUT2D eigenvalue weighted by Crippen LogP contribution is -2.09. The Kier molecular flexibility index (Phi) is 4.05. The molecule has 0 aliphatic rings. The first-order valence-electron chi connectivity index (χ1n) is 5.93. The molecule has 0 unspecified atom stereocenters. The van der Waals surface area contributed by atoms with Crippen LogP contribution in [-0.2, 0) is 11.8 Å². The summed E-state index contributed by atoms with van der Waals surface area (Å²) in [6.45, 7) is -1.12. The standard InChI is InChI=1S/C11H13F2N5O3/c1-3-20-10(19)6-5-15-18(9(6)14)7-4-8(17(2)16-7)21-11(12)13/h4-5,11H,3,14H2,1-2H3. The highest BCUT2D eigenvalue weighted by Gasteiger charge is 2.20. The molecule has 0 saturated carbocycles. The van der Waals surface area contributed by atoms with Gasteiger partial charge in [0.05, 0.1) is 12.8 Å². The molecule has 0 bridgehead atoms. The fourth-order valence-corrected chi connectivity index (χ4v) is 1.65. The Labute approximate surface area is 118 Å². The number of alkyl halides is 2. The number of ether oxygens (including phenoxy) is 2. The van der Waals surface area contributed by atoms with Gasteiger partial charge in [-0.1, -0.05) is 0 Å². The summed E-state index contributed by atoms with van der Waals surface area (Å²) < 4.78 is 35.8. The molecule has 2 aromatic heterocycles. The zero-order valence-corrected chi connectivity index (χ0v) is 11.3. The minimum absolute atomic E-state index is 0.00449. The van der Waals surface area contributed by atoms with E-state index < -0.39 is 12.6 Å². The van der Waals surface area contributed by atoms with Crippen LogP contribution < -0.4 is 10.5 Å². The van der Waals surface area contributed by atoms with Crippen molar-refractivity contribution in [3.63, 3.8) is 0 Å². The van der Waals surface area contributed by atoms with Gasteiger partial charge in [-0.05, 0) is 6.92 Å². The summed E-state index contributed by atoms with van der Waals surface area (Å²) in [5.41, 5.74) is 5.86. The highest BCUT2D eigenvalue weighted by atomic mass is 19.3. The predicted octanol–water partition coefficient (Wildman–Crippen LogP) is 0.966. The van der Waals surface area contributed by atoms with Gasteiger partial charge in [0.2, 0.25) is 5.88 Å². The first kappa shape index (κ1) is 14.8. The van der Waals surface area contributed by atoms with Gasteiger partial charge in [-0.15, -0.1) is 5.10 Å². The molecule has 0 aliphatic carbocycles. The highest BCUT2D eigenvalue weighted by Crippen LogP contribution is 2.21. The second-order valence-electron chi connectivity index (χ2n) is 3.92. The van der Waals surface area contributed by atoms with Crippen molar-refractivity contribution in [1.29, 1.82) is 0 Å². The van der Waals surface area contributed by atoms with Crippen LogP contribution in [0.1, 0.15) is 17.3 Å². The van der Waals surface area contributed by atoms with E-state index in [4.69, 9.17) is 10.5 Å². The van der Waals surface area contributed by atoms with Crippen molar-refractivity contribution in [2.24, 2.45) is 7.05 Å². The number of hydrogen-bond acceptors (Lipinski definition) is 6. The fraction of sp³-hybridized carbons (Fsp3) is 0.364. The van der Waals surface area contributed by atoms with E-state index in [2.05, 4.69) is 14.9 Å². The van der Waals surface area contributed by atoms with E-state index in [9.17, 15) is 13.6 Å². The first-order valence-corrected chi connectivity index (χ1v) is 5.93. The lowest BCUT2D eigenvalue weighted by Gasteiger charge is -2.01. The Balaban J connectivity index is 2.33. The summed E-state index contributed by atoms with van der Waals surface area (Å²) in [4.78, 5) is 11.6. The van der Waals surface area contributed by atoms with Crippen molar-refractivity contribution in [2.45, 2.75) is 13.5 Å². The molecule has 0 saturated heterocycles. The fourth-order valence-electron chi connectivity index (χ4n) is 1.65. The zero-order valence-electron chi connectivity index (χ0n) is 11.3. The van der Waals surface area contributed by atoms with E-state index in [0.29, 0.717) is 0 Å². The Hall–Kier alpha value is -2.65. The summed E-state index contributed by atoms with van der Waals surface area (Å²) in [5, 5.41) is 7.83. The Bertz CT molecular complexity index is 652. The normalized spacial score (nSPS) is 10.9. The van der Waals surface area contributed by atoms with Crippen LogP contribution in [0.15, 0.2) is 12.3 Å². The molecule has 10 heteroatoms. The van der Waals surface area contributed by atoms with E-state index in [0.717, 1.165) is 9.36 Å². The molecule has 0 spiro atoms. The second-order valence-corrected chi connectivity index (χ2v) is 3.92. The number of carbonyl (C=O) groups excluding carboxylic acids is 1. The molecule has 0 fully saturated rings. The van der Waals surface area contributed by atoms with Gasteiger partial charge in [0.1, 0.15) is 11.4 Å². The molecule has 0 atom stereocenters. The van der Waals surface area contributed by atoms with E-state index >= 15 is 0 Å². The van der Waals surface area contributed by atoms with Gasteiger partial charge in [0.25, 0.3) is 0 Å². The first-order chi connectivity index (χ1) is 9.93. The van der Waals surface area contributed by atoms with Gasteiger partial charge in [-0.25, -0.2) is 9.48 Å². The number of aryl methyl sites for hydroxylation is 1. The van der Waals surface area contributed by atoms with Crippen molar-refractivity contribution in [3.05, 3.63) is 17.8 Å². The minimum atomic E-state index is -2.97. The molecule has 0 radical (unpaired) electrons. The van der Waals surface area contributed by atoms with Crippen LogP contribution in [0.25, 0.3) is 5.82 Å². The highest BCUT2D eigenvalue weighted by molar-refractivity contribution is 5.94. The third kappa shape index (κ3) is 2.93. The number of carbonyl (C=O) groups is 1. The molecule has 114 valence electrons. The van der Waals surface area contributed by atoms with Crippen LogP contribution >= 0.6 is 0 Å². The van der Waals surface area contributed by atoms with Crippen molar-refractivity contribution < 1.29 is 23.0 Å². The van der Waals surface area contributed by atoms with Crippen LogP contribution in [0.3, 0.4) is 0 Å². The average molecular weight is 301 g/mol. The Morgan fingerprint density at radius 2 is 2.24 bits per heavy atom. The van der Waals surface area contributed by atoms with Crippen LogP contribution in [0.2, 0.25) is 0 Å². The van der Waals surface area contributed by atoms with Crippen LogP contribution in [0.5, 0.6) is 5.88 Å². The lowest BCUT2D eigenvalue weighted by molar-refractivity contribution is -0.0553. The maximum atomic E-state index is 12.2. The molecule has 8 nitrogen and oxygen atoms in total. The van der Waals surface area contributed by atoms with E-state index in [-0.39, 0.29) is 29.7 Å². The van der Waals surface area contributed by atoms with Crippen LogP contribution in [0, 0.1) is 0 Å². The molecule has 0 amide bonds. The van der Waals surface area contributed by atoms with Gasteiger partial charge in [0, 0.05) is 13.1 Å². The van der Waals surface area contributed by atoms with Crippen molar-refractivity contribution in [3.8, 4) is 11.7 Å². The quantitative estimate of drug-likeness (QED) is 0.826. The summed E-state index contributed by atoms with van der Waals surface area (Å²) >= 11 is 0. The second kappa shape index (κ2) is 5.77. The maximum Gasteiger partial charge on any atom is 0.388 e. The molecule has 2 N–H and O–H groups in total. The van der Waals surface area contributed by atoms with E-state index in [1.54, 1.807) is 6.92 Å². The third-order valence-electron chi connectivity index (χ3n) is 2.55. The monoisotopic (exact) mass is 301 g/mol. The molecule has 2 heterocycles.